The molecule has 0 heterocycles. The van der Waals surface area contributed by atoms with Gasteiger partial charge >= 0.3 is 5.97 Å². The number of carbonyl (C=O) groups excluding carboxylic acids is 2. The first-order valence-corrected chi connectivity index (χ1v) is 7.82. The molecule has 0 saturated carbocycles. The highest BCUT2D eigenvalue weighted by atomic mass is 32.2. The Morgan fingerprint density at radius 2 is 1.81 bits per heavy atom. The number of hydrogen-bond donors (Lipinski definition) is 2. The van der Waals surface area contributed by atoms with Crippen molar-refractivity contribution in [2.75, 3.05) is 13.2 Å². The average molecular weight is 314 g/mol. The normalized spacial score (nSPS) is 11.0. The van der Waals surface area contributed by atoms with Crippen molar-refractivity contribution in [3.8, 4) is 0 Å². The summed E-state index contributed by atoms with van der Waals surface area (Å²) in [7, 11) is -3.76. The molecule has 0 fully saturated rings. The molecule has 1 aromatic rings. The van der Waals surface area contributed by atoms with Crippen LogP contribution in [-0.4, -0.2) is 33.4 Å². The van der Waals surface area contributed by atoms with Gasteiger partial charge in [0, 0.05) is 13.5 Å². The molecular weight excluding hydrogens is 296 g/mol. The third-order valence-corrected chi connectivity index (χ3v) is 3.90. The molecule has 0 aliphatic heterocycles. The monoisotopic (exact) mass is 314 g/mol. The van der Waals surface area contributed by atoms with Crippen LogP contribution >= 0.6 is 0 Å². The van der Waals surface area contributed by atoms with Crippen LogP contribution < -0.4 is 10.0 Å². The lowest BCUT2D eigenvalue weighted by Crippen LogP contribution is -2.30. The fraction of sp³-hybridized carbons (Fsp3) is 0.385. The van der Waals surface area contributed by atoms with E-state index in [2.05, 4.69) is 14.8 Å². The number of ether oxygens (including phenoxy) is 1. The first-order valence-electron chi connectivity index (χ1n) is 6.34. The Balaban J connectivity index is 2.66. The van der Waals surface area contributed by atoms with E-state index in [4.69, 9.17) is 0 Å². The Morgan fingerprint density at radius 1 is 1.19 bits per heavy atom. The topological polar surface area (TPSA) is 102 Å². The van der Waals surface area contributed by atoms with Crippen LogP contribution in [0.25, 0.3) is 0 Å². The van der Waals surface area contributed by atoms with Crippen molar-refractivity contribution in [2.45, 2.75) is 25.3 Å². The minimum atomic E-state index is -3.76. The molecule has 0 saturated heterocycles. The molecule has 0 aliphatic rings. The van der Waals surface area contributed by atoms with E-state index >= 15 is 0 Å². The first-order chi connectivity index (χ1) is 9.85. The van der Waals surface area contributed by atoms with Crippen LogP contribution in [0, 0.1) is 0 Å². The van der Waals surface area contributed by atoms with Gasteiger partial charge in [-0.15, -0.1) is 0 Å². The molecule has 0 spiro atoms. The number of hydrogen-bond acceptors (Lipinski definition) is 5. The zero-order valence-corrected chi connectivity index (χ0v) is 12.7. The van der Waals surface area contributed by atoms with E-state index in [0.29, 0.717) is 6.54 Å². The predicted molar refractivity (Wildman–Crippen MR) is 75.8 cm³/mol. The Kier molecular flexibility index (Phi) is 6.32. The second-order valence-corrected chi connectivity index (χ2v) is 5.95. The van der Waals surface area contributed by atoms with Crippen LogP contribution in [0.3, 0.4) is 0 Å². The highest BCUT2D eigenvalue weighted by molar-refractivity contribution is 7.89. The van der Waals surface area contributed by atoms with Gasteiger partial charge in [-0.2, -0.15) is 4.72 Å². The van der Waals surface area contributed by atoms with E-state index in [1.807, 2.05) is 0 Å². The number of nitrogens with one attached hydrogen (secondary N) is 2. The van der Waals surface area contributed by atoms with Gasteiger partial charge in [0.05, 0.1) is 11.5 Å². The Labute approximate surface area is 123 Å². The molecule has 116 valence electrons. The van der Waals surface area contributed by atoms with Crippen molar-refractivity contribution in [3.05, 3.63) is 29.8 Å². The Bertz CT molecular complexity index is 595. The van der Waals surface area contributed by atoms with Gasteiger partial charge in [0.15, 0.2) is 0 Å². The summed E-state index contributed by atoms with van der Waals surface area (Å²) >= 11 is 0. The van der Waals surface area contributed by atoms with Gasteiger partial charge in [0.2, 0.25) is 15.9 Å². The van der Waals surface area contributed by atoms with E-state index in [1.54, 1.807) is 19.1 Å². The molecule has 0 aromatic heterocycles. The molecule has 7 nitrogen and oxygen atoms in total. The molecule has 0 radical (unpaired) electrons. The van der Waals surface area contributed by atoms with Crippen LogP contribution in [0.1, 0.15) is 19.4 Å². The molecule has 21 heavy (non-hydrogen) atoms. The summed E-state index contributed by atoms with van der Waals surface area (Å²) < 4.78 is 30.7. The maximum Gasteiger partial charge on any atom is 0.321 e. The minimum Gasteiger partial charge on any atom is -0.465 e. The SMILES string of the molecule is CCOC(=O)CNS(=O)(=O)c1ccc(CNC(C)=O)cc1. The second kappa shape index (κ2) is 7.75. The fourth-order valence-electron chi connectivity index (χ4n) is 1.46. The molecule has 0 unspecified atom stereocenters. The lowest BCUT2D eigenvalue weighted by molar-refractivity contribution is -0.141. The fourth-order valence-corrected chi connectivity index (χ4v) is 2.43. The van der Waals surface area contributed by atoms with Crippen molar-refractivity contribution >= 4 is 21.9 Å². The van der Waals surface area contributed by atoms with Gasteiger partial charge in [-0.25, -0.2) is 8.42 Å². The molecule has 0 bridgehead atoms. The lowest BCUT2D eigenvalue weighted by Gasteiger charge is -2.07. The summed E-state index contributed by atoms with van der Waals surface area (Å²) in [6.45, 7) is 3.15. The zero-order chi connectivity index (χ0) is 15.9. The molecule has 1 rings (SSSR count). The molecule has 8 heteroatoms. The van der Waals surface area contributed by atoms with Crippen LogP contribution in [0.15, 0.2) is 29.2 Å². The largest absolute Gasteiger partial charge is 0.465 e. The maximum atomic E-state index is 11.9. The Hall–Kier alpha value is -1.93. The molecule has 2 N–H and O–H groups in total. The van der Waals surface area contributed by atoms with Gasteiger partial charge in [0.25, 0.3) is 0 Å². The van der Waals surface area contributed by atoms with Crippen molar-refractivity contribution in [3.63, 3.8) is 0 Å². The standard InChI is InChI=1S/C13H18N2O5S/c1-3-20-13(17)9-15-21(18,19)12-6-4-11(5-7-12)8-14-10(2)16/h4-7,15H,3,8-9H2,1-2H3,(H,14,16). The molecule has 0 atom stereocenters. The van der Waals surface area contributed by atoms with Crippen molar-refractivity contribution in [1.82, 2.24) is 10.0 Å². The van der Waals surface area contributed by atoms with Crippen LogP contribution in [0.5, 0.6) is 0 Å². The summed E-state index contributed by atoms with van der Waals surface area (Å²) in [6.07, 6.45) is 0. The van der Waals surface area contributed by atoms with Crippen LogP contribution in [0.4, 0.5) is 0 Å². The zero-order valence-electron chi connectivity index (χ0n) is 11.9. The third kappa shape index (κ3) is 5.92. The Morgan fingerprint density at radius 3 is 2.33 bits per heavy atom. The van der Waals surface area contributed by atoms with Crippen molar-refractivity contribution in [2.24, 2.45) is 0 Å². The van der Waals surface area contributed by atoms with Gasteiger partial charge in [-0.1, -0.05) is 12.1 Å². The van der Waals surface area contributed by atoms with Gasteiger partial charge in [0.1, 0.15) is 6.54 Å². The quantitative estimate of drug-likeness (QED) is 0.698. The number of amides is 1. The van der Waals surface area contributed by atoms with Gasteiger partial charge in [-0.05, 0) is 24.6 Å². The average Bonchev–Trinajstić information content (AvgIpc) is 2.44. The molecule has 0 aliphatic carbocycles. The third-order valence-electron chi connectivity index (χ3n) is 2.49. The lowest BCUT2D eigenvalue weighted by atomic mass is 10.2. The number of benzene rings is 1. The summed E-state index contributed by atoms with van der Waals surface area (Å²) in [5.74, 6) is -0.800. The predicted octanol–water partition coefficient (Wildman–Crippen LogP) is 0.164. The van der Waals surface area contributed by atoms with Crippen LogP contribution in [-0.2, 0) is 30.9 Å². The van der Waals surface area contributed by atoms with Crippen molar-refractivity contribution in [1.29, 1.82) is 0 Å². The van der Waals surface area contributed by atoms with E-state index in [1.165, 1.54) is 19.1 Å². The number of rotatable bonds is 7. The maximum absolute atomic E-state index is 11.9. The van der Waals surface area contributed by atoms with Gasteiger partial charge in [-0.3, -0.25) is 9.59 Å². The van der Waals surface area contributed by atoms with Gasteiger partial charge < -0.3 is 10.1 Å². The number of carbonyl (C=O) groups is 2. The number of esters is 1. The van der Waals surface area contributed by atoms with E-state index in [9.17, 15) is 18.0 Å². The molecular formula is C13H18N2O5S. The second-order valence-electron chi connectivity index (χ2n) is 4.18. The molecule has 1 aromatic carbocycles. The van der Waals surface area contributed by atoms with Crippen molar-refractivity contribution < 1.29 is 22.7 Å². The highest BCUT2D eigenvalue weighted by Gasteiger charge is 2.15. The summed E-state index contributed by atoms with van der Waals surface area (Å²) in [5.41, 5.74) is 0.773. The van der Waals surface area contributed by atoms with E-state index in [-0.39, 0.29) is 17.4 Å². The summed E-state index contributed by atoms with van der Waals surface area (Å²) in [6, 6.07) is 6.00. The molecule has 1 amide bonds. The van der Waals surface area contributed by atoms with Crippen LogP contribution in [0.2, 0.25) is 0 Å². The minimum absolute atomic E-state index is 0.0402. The first kappa shape index (κ1) is 17.1. The number of sulfonamides is 1. The van der Waals surface area contributed by atoms with E-state index < -0.39 is 22.5 Å². The highest BCUT2D eigenvalue weighted by Crippen LogP contribution is 2.10. The summed E-state index contributed by atoms with van der Waals surface area (Å²) in [5, 5.41) is 2.61. The van der Waals surface area contributed by atoms with E-state index in [0.717, 1.165) is 5.56 Å². The smallest absolute Gasteiger partial charge is 0.321 e. The summed E-state index contributed by atoms with van der Waals surface area (Å²) in [4.78, 5) is 22.0.